The van der Waals surface area contributed by atoms with Crippen LogP contribution in [0.1, 0.15) is 245 Å². The van der Waals surface area contributed by atoms with Gasteiger partial charge in [0.05, 0.1) is 0 Å². The quantitative estimate of drug-likeness (QED) is 0.0263. The molecule has 0 aromatic heterocycles. The Labute approximate surface area is 370 Å². The Morgan fingerprint density at radius 1 is 0.350 bits per heavy atom. The van der Waals surface area contributed by atoms with E-state index in [-0.39, 0.29) is 37.5 Å². The van der Waals surface area contributed by atoms with Gasteiger partial charge in [-0.1, -0.05) is 248 Å². The molecule has 0 aromatic carbocycles. The predicted molar refractivity (Wildman–Crippen MR) is 256 cm³/mol. The summed E-state index contributed by atoms with van der Waals surface area (Å²) in [4.78, 5) is 37.9. The van der Waals surface area contributed by atoms with Crippen LogP contribution in [0.5, 0.6) is 0 Å². The molecule has 346 valence electrons. The molecular weight excluding hydrogens is 745 g/mol. The van der Waals surface area contributed by atoms with Crippen LogP contribution in [-0.2, 0) is 28.6 Å². The number of rotatable bonds is 45. The highest BCUT2D eigenvalue weighted by Crippen LogP contribution is 2.16. The van der Waals surface area contributed by atoms with Gasteiger partial charge >= 0.3 is 17.9 Å². The van der Waals surface area contributed by atoms with Gasteiger partial charge in [0.25, 0.3) is 0 Å². The molecule has 0 saturated carbocycles. The molecular formula is C54H94O6. The van der Waals surface area contributed by atoms with Crippen molar-refractivity contribution in [2.75, 3.05) is 13.2 Å². The smallest absolute Gasteiger partial charge is 0.306 e. The molecule has 0 aliphatic carbocycles. The van der Waals surface area contributed by atoms with Crippen molar-refractivity contribution >= 4 is 17.9 Å². The summed E-state index contributed by atoms with van der Waals surface area (Å²) in [7, 11) is 0. The monoisotopic (exact) mass is 839 g/mol. The first-order valence-corrected chi connectivity index (χ1v) is 25.4. The van der Waals surface area contributed by atoms with Gasteiger partial charge in [-0.2, -0.15) is 0 Å². The number of esters is 3. The van der Waals surface area contributed by atoms with E-state index in [2.05, 4.69) is 32.9 Å². The fourth-order valence-corrected chi connectivity index (χ4v) is 7.11. The minimum absolute atomic E-state index is 0.0884. The van der Waals surface area contributed by atoms with Gasteiger partial charge in [0, 0.05) is 19.3 Å². The van der Waals surface area contributed by atoms with Crippen LogP contribution >= 0.6 is 0 Å². The van der Waals surface area contributed by atoms with Crippen molar-refractivity contribution in [2.45, 2.75) is 252 Å². The Morgan fingerprint density at radius 2 is 0.650 bits per heavy atom. The SMILES string of the molecule is CC\C=C/C=C\C=C/C=C\C=C/CCCCCC(=O)OC(COC(=O)CCCCCCCCCCCCC)COC(=O)CCCCCCCCCCCCCCCCCC. The highest BCUT2D eigenvalue weighted by atomic mass is 16.6. The van der Waals surface area contributed by atoms with Crippen molar-refractivity contribution in [1.82, 2.24) is 0 Å². The van der Waals surface area contributed by atoms with E-state index in [4.69, 9.17) is 14.2 Å². The van der Waals surface area contributed by atoms with Gasteiger partial charge in [-0.3, -0.25) is 14.4 Å². The minimum atomic E-state index is -0.791. The van der Waals surface area contributed by atoms with Crippen LogP contribution < -0.4 is 0 Å². The molecule has 0 aliphatic rings. The number of allylic oxidation sites excluding steroid dienone is 10. The van der Waals surface area contributed by atoms with Crippen LogP contribution in [0.2, 0.25) is 0 Å². The summed E-state index contributed by atoms with van der Waals surface area (Å²) in [6.07, 6.45) is 59.2. The summed E-state index contributed by atoms with van der Waals surface area (Å²) in [5, 5.41) is 0. The van der Waals surface area contributed by atoms with Crippen LogP contribution in [0, 0.1) is 0 Å². The van der Waals surface area contributed by atoms with Crippen LogP contribution in [0.4, 0.5) is 0 Å². The second kappa shape index (κ2) is 48.8. The number of ether oxygens (including phenoxy) is 3. The van der Waals surface area contributed by atoms with Gasteiger partial charge in [0.1, 0.15) is 13.2 Å². The summed E-state index contributed by atoms with van der Waals surface area (Å²) in [5.41, 5.74) is 0. The fraction of sp³-hybridized carbons (Fsp3) is 0.759. The maximum atomic E-state index is 12.8. The lowest BCUT2D eigenvalue weighted by Gasteiger charge is -2.18. The van der Waals surface area contributed by atoms with Crippen LogP contribution in [0.25, 0.3) is 0 Å². The van der Waals surface area contributed by atoms with E-state index < -0.39 is 6.10 Å². The highest BCUT2D eigenvalue weighted by Gasteiger charge is 2.19. The fourth-order valence-electron chi connectivity index (χ4n) is 7.11. The molecule has 0 amide bonds. The molecule has 0 bridgehead atoms. The average molecular weight is 839 g/mol. The van der Waals surface area contributed by atoms with Gasteiger partial charge in [-0.25, -0.2) is 0 Å². The first kappa shape index (κ1) is 57.1. The third-order valence-corrected chi connectivity index (χ3v) is 10.9. The maximum Gasteiger partial charge on any atom is 0.306 e. The molecule has 0 fully saturated rings. The molecule has 0 spiro atoms. The van der Waals surface area contributed by atoms with Crippen LogP contribution in [0.15, 0.2) is 60.8 Å². The Kier molecular flexibility index (Phi) is 46.4. The summed E-state index contributed by atoms with van der Waals surface area (Å²) >= 11 is 0. The Bertz CT molecular complexity index is 1100. The van der Waals surface area contributed by atoms with E-state index in [0.717, 1.165) is 64.2 Å². The molecule has 0 rings (SSSR count). The maximum absolute atomic E-state index is 12.8. The number of unbranched alkanes of at least 4 members (excludes halogenated alkanes) is 28. The molecule has 0 radical (unpaired) electrons. The first-order valence-electron chi connectivity index (χ1n) is 25.4. The number of carbonyl (C=O) groups excluding carboxylic acids is 3. The lowest BCUT2D eigenvalue weighted by molar-refractivity contribution is -0.167. The Morgan fingerprint density at radius 3 is 1.02 bits per heavy atom. The first-order chi connectivity index (χ1) is 29.5. The van der Waals surface area contributed by atoms with Gasteiger partial charge < -0.3 is 14.2 Å². The summed E-state index contributed by atoms with van der Waals surface area (Å²) < 4.78 is 16.7. The molecule has 0 saturated heterocycles. The zero-order valence-electron chi connectivity index (χ0n) is 39.5. The van der Waals surface area contributed by atoms with Crippen molar-refractivity contribution in [3.05, 3.63) is 60.8 Å². The van der Waals surface area contributed by atoms with Crippen molar-refractivity contribution in [2.24, 2.45) is 0 Å². The molecule has 1 atom stereocenters. The second-order valence-corrected chi connectivity index (χ2v) is 16.8. The predicted octanol–water partition coefficient (Wildman–Crippen LogP) is 16.5. The molecule has 1 unspecified atom stereocenters. The van der Waals surface area contributed by atoms with Crippen molar-refractivity contribution in [3.63, 3.8) is 0 Å². The molecule has 6 heteroatoms. The summed E-state index contributed by atoms with van der Waals surface area (Å²) in [6, 6.07) is 0. The third-order valence-electron chi connectivity index (χ3n) is 10.9. The van der Waals surface area contributed by atoms with Crippen molar-refractivity contribution < 1.29 is 28.6 Å². The lowest BCUT2D eigenvalue weighted by atomic mass is 10.0. The Hall–Kier alpha value is -2.89. The van der Waals surface area contributed by atoms with E-state index in [0.29, 0.717) is 19.3 Å². The van der Waals surface area contributed by atoms with E-state index in [1.165, 1.54) is 135 Å². The molecule has 0 aromatic rings. The molecule has 6 nitrogen and oxygen atoms in total. The van der Waals surface area contributed by atoms with Gasteiger partial charge in [0.2, 0.25) is 0 Å². The zero-order valence-corrected chi connectivity index (χ0v) is 39.5. The summed E-state index contributed by atoms with van der Waals surface area (Å²) in [5.74, 6) is -0.925. The van der Waals surface area contributed by atoms with E-state index >= 15 is 0 Å². The third kappa shape index (κ3) is 46.2. The molecule has 60 heavy (non-hydrogen) atoms. The lowest BCUT2D eigenvalue weighted by Crippen LogP contribution is -2.30. The van der Waals surface area contributed by atoms with Crippen molar-refractivity contribution in [1.29, 1.82) is 0 Å². The molecule has 0 aliphatic heterocycles. The molecule has 0 heterocycles. The second-order valence-electron chi connectivity index (χ2n) is 16.8. The van der Waals surface area contributed by atoms with Gasteiger partial charge in [-0.05, 0) is 38.5 Å². The van der Waals surface area contributed by atoms with E-state index in [9.17, 15) is 14.4 Å². The Balaban J connectivity index is 4.42. The zero-order chi connectivity index (χ0) is 43.7. The number of hydrogen-bond acceptors (Lipinski definition) is 6. The van der Waals surface area contributed by atoms with Crippen LogP contribution in [0.3, 0.4) is 0 Å². The van der Waals surface area contributed by atoms with Crippen LogP contribution in [-0.4, -0.2) is 37.2 Å². The topological polar surface area (TPSA) is 78.9 Å². The summed E-state index contributed by atoms with van der Waals surface area (Å²) in [6.45, 7) is 6.46. The normalized spacial score (nSPS) is 12.5. The standard InChI is InChI=1S/C54H94O6/c1-4-7-10-13-16-19-22-24-26-28-29-32-35-38-41-44-47-53(56)59-50-51(49-58-52(55)46-43-40-37-34-31-21-18-15-12-9-6-3)60-54(57)48-45-42-39-36-33-30-27-25-23-20-17-14-11-8-5-2/h8,11,14,17,20,23,25,27,30,33,51H,4-7,9-10,12-13,15-16,18-19,21-22,24,26,28-29,31-32,34-50H2,1-3H3/b11-8-,17-14-,23-20-,27-25-,33-30-. The minimum Gasteiger partial charge on any atom is -0.462 e. The van der Waals surface area contributed by atoms with Gasteiger partial charge in [0.15, 0.2) is 6.10 Å². The molecule has 0 N–H and O–H groups in total. The van der Waals surface area contributed by atoms with E-state index in [1.54, 1.807) is 0 Å². The van der Waals surface area contributed by atoms with Crippen molar-refractivity contribution in [3.8, 4) is 0 Å². The largest absolute Gasteiger partial charge is 0.462 e. The number of carbonyl (C=O) groups is 3. The highest BCUT2D eigenvalue weighted by molar-refractivity contribution is 5.71. The number of hydrogen-bond donors (Lipinski definition) is 0. The van der Waals surface area contributed by atoms with E-state index in [1.807, 2.05) is 48.6 Å². The van der Waals surface area contributed by atoms with Gasteiger partial charge in [-0.15, -0.1) is 0 Å². The average Bonchev–Trinajstić information content (AvgIpc) is 3.24.